The number of anilines is 1. The molecule has 1 aromatic rings. The van der Waals surface area contributed by atoms with Crippen LogP contribution in [0.3, 0.4) is 0 Å². The van der Waals surface area contributed by atoms with Gasteiger partial charge in [0.25, 0.3) is 16.0 Å². The molecule has 1 saturated heterocycles. The van der Waals surface area contributed by atoms with Crippen molar-refractivity contribution in [2.45, 2.75) is 17.7 Å². The molecule has 0 spiro atoms. The van der Waals surface area contributed by atoms with Crippen LogP contribution in [0.15, 0.2) is 51.2 Å². The summed E-state index contributed by atoms with van der Waals surface area (Å²) in [7, 11) is -3.99. The number of carboxylic acid groups (broad SMARTS) is 1. The highest BCUT2D eigenvalue weighted by atomic mass is 32.2. The Labute approximate surface area is 187 Å². The molecule has 0 unspecified atom stereocenters. The Balaban J connectivity index is 1.77. The van der Waals surface area contributed by atoms with Gasteiger partial charge in [0.2, 0.25) is 0 Å². The number of hydrogen-bond donors (Lipinski definition) is 2. The van der Waals surface area contributed by atoms with Crippen molar-refractivity contribution < 1.29 is 27.7 Å². The summed E-state index contributed by atoms with van der Waals surface area (Å²) in [5, 5.41) is 9.78. The zero-order chi connectivity index (χ0) is 21.9. The number of rotatable bonds is 8. The number of unbranched alkanes of at least 4 members (excludes halogenated alkanes) is 1. The highest BCUT2D eigenvalue weighted by Gasteiger charge is 2.33. The number of aliphatic carboxylic acids is 1. The van der Waals surface area contributed by atoms with Gasteiger partial charge < -0.3 is 10.0 Å². The van der Waals surface area contributed by atoms with E-state index in [1.807, 2.05) is 29.2 Å². The first-order chi connectivity index (χ1) is 14.2. The summed E-state index contributed by atoms with van der Waals surface area (Å²) in [6.07, 6.45) is 4.27. The zero-order valence-corrected chi connectivity index (χ0v) is 18.8. The molecule has 160 valence electrons. The Bertz CT molecular complexity index is 1050. The third kappa shape index (κ3) is 5.64. The van der Waals surface area contributed by atoms with Gasteiger partial charge in [-0.2, -0.15) is 8.42 Å². The van der Waals surface area contributed by atoms with Crippen LogP contribution in [0.1, 0.15) is 12.8 Å². The monoisotopic (exact) mass is 486 g/mol. The van der Waals surface area contributed by atoms with Crippen molar-refractivity contribution in [2.24, 2.45) is 0 Å². The van der Waals surface area contributed by atoms with E-state index in [0.717, 1.165) is 32.3 Å². The Morgan fingerprint density at radius 3 is 2.57 bits per heavy atom. The summed E-state index contributed by atoms with van der Waals surface area (Å²) in [5.74, 6) is -1.87. The fourth-order valence-electron chi connectivity index (χ4n) is 2.89. The van der Waals surface area contributed by atoms with Crippen LogP contribution in [0.25, 0.3) is 0 Å². The molecule has 0 radical (unpaired) electrons. The van der Waals surface area contributed by atoms with Crippen molar-refractivity contribution >= 4 is 67.7 Å². The largest absolute Gasteiger partial charge is 0.480 e. The van der Waals surface area contributed by atoms with Crippen LogP contribution >= 0.6 is 35.7 Å². The van der Waals surface area contributed by atoms with Gasteiger partial charge >= 0.3 is 5.97 Å². The molecule has 3 rings (SSSR count). The molecule has 0 aliphatic carbocycles. The SMILES string of the molecule is O=C(O)CN1C(=O)C(=CC=C2Sc3ccccc3N2CCCCS(=O)(=O)O)SC1=S. The number of benzene rings is 1. The molecule has 1 aromatic carbocycles. The minimum Gasteiger partial charge on any atom is -0.480 e. The van der Waals surface area contributed by atoms with Crippen molar-refractivity contribution in [1.82, 2.24) is 4.90 Å². The van der Waals surface area contributed by atoms with E-state index in [0.29, 0.717) is 24.3 Å². The number of thioether (sulfide) groups is 2. The van der Waals surface area contributed by atoms with Crippen LogP contribution in [0, 0.1) is 0 Å². The predicted octanol–water partition coefficient (Wildman–Crippen LogP) is 2.94. The number of carbonyl (C=O) groups excluding carboxylic acids is 1. The maximum Gasteiger partial charge on any atom is 0.323 e. The van der Waals surface area contributed by atoms with E-state index in [1.54, 1.807) is 12.2 Å². The quantitative estimate of drug-likeness (QED) is 0.246. The second kappa shape index (κ2) is 9.52. The van der Waals surface area contributed by atoms with E-state index in [9.17, 15) is 18.0 Å². The molecule has 2 aliphatic rings. The summed E-state index contributed by atoms with van der Waals surface area (Å²) >= 11 is 7.67. The van der Waals surface area contributed by atoms with Crippen LogP contribution in [0.2, 0.25) is 0 Å². The van der Waals surface area contributed by atoms with Crippen LogP contribution in [0.4, 0.5) is 5.69 Å². The maximum atomic E-state index is 12.4. The van der Waals surface area contributed by atoms with E-state index in [-0.39, 0.29) is 10.1 Å². The van der Waals surface area contributed by atoms with Crippen molar-refractivity contribution in [3.63, 3.8) is 0 Å². The molecular weight excluding hydrogens is 468 g/mol. The smallest absolute Gasteiger partial charge is 0.323 e. The molecule has 30 heavy (non-hydrogen) atoms. The second-order valence-corrected chi connectivity index (χ2v) is 10.7. The molecule has 0 atom stereocenters. The summed E-state index contributed by atoms with van der Waals surface area (Å²) in [4.78, 5) is 27.8. The molecule has 1 amide bonds. The van der Waals surface area contributed by atoms with Crippen LogP contribution in [-0.4, -0.2) is 58.0 Å². The Hall–Kier alpha value is -1.86. The topological polar surface area (TPSA) is 115 Å². The van der Waals surface area contributed by atoms with E-state index < -0.39 is 28.5 Å². The number of para-hydroxylation sites is 1. The van der Waals surface area contributed by atoms with Crippen molar-refractivity contribution in [3.05, 3.63) is 46.4 Å². The summed E-state index contributed by atoms with van der Waals surface area (Å²) < 4.78 is 30.9. The van der Waals surface area contributed by atoms with E-state index in [4.69, 9.17) is 21.9 Å². The molecule has 0 bridgehead atoms. The lowest BCUT2D eigenvalue weighted by atomic mass is 10.2. The van der Waals surface area contributed by atoms with Gasteiger partial charge in [0.05, 0.1) is 21.4 Å². The average molecular weight is 487 g/mol. The fourth-order valence-corrected chi connectivity index (χ4v) is 5.75. The normalized spacial score (nSPS) is 19.2. The first-order valence-electron chi connectivity index (χ1n) is 8.83. The number of nitrogens with zero attached hydrogens (tertiary/aromatic N) is 2. The van der Waals surface area contributed by atoms with Gasteiger partial charge in [0.15, 0.2) is 0 Å². The van der Waals surface area contributed by atoms with Crippen LogP contribution in [0.5, 0.6) is 0 Å². The van der Waals surface area contributed by atoms with Gasteiger partial charge in [-0.25, -0.2) is 0 Å². The first kappa shape index (κ1) is 22.8. The number of carboxylic acids is 1. The van der Waals surface area contributed by atoms with Gasteiger partial charge in [0.1, 0.15) is 10.9 Å². The number of carbonyl (C=O) groups is 2. The zero-order valence-electron chi connectivity index (χ0n) is 15.6. The predicted molar refractivity (Wildman–Crippen MR) is 121 cm³/mol. The molecule has 0 aromatic heterocycles. The van der Waals surface area contributed by atoms with Gasteiger partial charge in [-0.1, -0.05) is 47.9 Å². The number of allylic oxidation sites excluding steroid dienone is 2. The lowest BCUT2D eigenvalue weighted by molar-refractivity contribution is -0.140. The Morgan fingerprint density at radius 1 is 1.13 bits per heavy atom. The lowest BCUT2D eigenvalue weighted by Crippen LogP contribution is -2.33. The van der Waals surface area contributed by atoms with Crippen LogP contribution < -0.4 is 4.90 Å². The van der Waals surface area contributed by atoms with Gasteiger partial charge in [0, 0.05) is 11.4 Å². The summed E-state index contributed by atoms with van der Waals surface area (Å²) in [5.41, 5.74) is 0.979. The molecule has 1 fully saturated rings. The van der Waals surface area contributed by atoms with E-state index in [2.05, 4.69) is 0 Å². The molecule has 2 aliphatic heterocycles. The second-order valence-electron chi connectivity index (χ2n) is 6.40. The third-order valence-corrected chi connectivity index (χ3v) is 7.55. The molecule has 12 heteroatoms. The summed E-state index contributed by atoms with van der Waals surface area (Å²) in [6, 6.07) is 7.75. The van der Waals surface area contributed by atoms with Gasteiger partial charge in [-0.3, -0.25) is 19.0 Å². The third-order valence-electron chi connectivity index (χ3n) is 4.21. The fraction of sp³-hybridized carbons (Fsp3) is 0.278. The van der Waals surface area contributed by atoms with E-state index >= 15 is 0 Å². The van der Waals surface area contributed by atoms with Gasteiger partial charge in [-0.15, -0.1) is 0 Å². The molecule has 8 nitrogen and oxygen atoms in total. The maximum absolute atomic E-state index is 12.4. The number of fused-ring (bicyclic) bond motifs is 1. The Morgan fingerprint density at radius 2 is 1.87 bits per heavy atom. The van der Waals surface area contributed by atoms with Crippen molar-refractivity contribution in [2.75, 3.05) is 23.7 Å². The standard InChI is InChI=1S/C18H18N2O6S4/c21-16(22)11-20-17(23)14(29-18(20)27)7-8-15-19(9-3-4-10-30(24,25)26)12-5-1-2-6-13(12)28-15/h1-2,5-8H,3-4,9-11H2,(H,21,22)(H,24,25,26). The van der Waals surface area contributed by atoms with E-state index in [1.165, 1.54) is 11.8 Å². The number of thiocarbonyl (C=S) groups is 1. The Kier molecular flexibility index (Phi) is 7.24. The molecule has 2 heterocycles. The number of hydrogen-bond acceptors (Lipinski definition) is 8. The summed E-state index contributed by atoms with van der Waals surface area (Å²) in [6.45, 7) is 0.0673. The van der Waals surface area contributed by atoms with Crippen LogP contribution in [-0.2, 0) is 19.7 Å². The molecule has 0 saturated carbocycles. The highest BCUT2D eigenvalue weighted by molar-refractivity contribution is 8.26. The van der Waals surface area contributed by atoms with Crippen molar-refractivity contribution in [3.8, 4) is 0 Å². The average Bonchev–Trinajstić information content (AvgIpc) is 3.14. The number of amides is 1. The molecule has 2 N–H and O–H groups in total. The van der Waals surface area contributed by atoms with Crippen molar-refractivity contribution in [1.29, 1.82) is 0 Å². The van der Waals surface area contributed by atoms with Gasteiger partial charge in [-0.05, 0) is 37.1 Å². The lowest BCUT2D eigenvalue weighted by Gasteiger charge is -2.20. The first-order valence-corrected chi connectivity index (χ1v) is 12.5. The minimum absolute atomic E-state index is 0.205. The minimum atomic E-state index is -3.99. The molecular formula is C18H18N2O6S4. The highest BCUT2D eigenvalue weighted by Crippen LogP contribution is 2.46.